The molecule has 0 amide bonds. The lowest BCUT2D eigenvalue weighted by molar-refractivity contribution is -0.187. The van der Waals surface area contributed by atoms with Gasteiger partial charge in [-0.05, 0) is 23.8 Å². The first-order valence-corrected chi connectivity index (χ1v) is 6.38. The molecule has 1 heterocycles. The van der Waals surface area contributed by atoms with Crippen LogP contribution in [0.1, 0.15) is 5.56 Å². The van der Waals surface area contributed by atoms with Crippen molar-refractivity contribution in [1.29, 1.82) is 0 Å². The van der Waals surface area contributed by atoms with E-state index in [4.69, 9.17) is 17.3 Å². The molecule has 0 aliphatic heterocycles. The summed E-state index contributed by atoms with van der Waals surface area (Å²) in [6, 6.07) is 3.97. The van der Waals surface area contributed by atoms with Crippen molar-refractivity contribution in [1.82, 2.24) is 4.98 Å². The number of carbonyl (C=O) groups excluding carboxylic acids is 1. The molecule has 1 aromatic carbocycles. The van der Waals surface area contributed by atoms with Gasteiger partial charge >= 0.3 is 12.1 Å². The van der Waals surface area contributed by atoms with E-state index in [-0.39, 0.29) is 18.8 Å². The minimum absolute atomic E-state index is 0. The number of H-pyrrole nitrogens is 1. The van der Waals surface area contributed by atoms with Crippen molar-refractivity contribution in [2.45, 2.75) is 18.6 Å². The summed E-state index contributed by atoms with van der Waals surface area (Å²) < 4.78 is 40.0. The number of fused-ring (bicyclic) bond motifs is 1. The van der Waals surface area contributed by atoms with Gasteiger partial charge in [0.2, 0.25) is 0 Å². The van der Waals surface area contributed by atoms with Gasteiger partial charge in [0, 0.05) is 28.5 Å². The fraction of sp³-hybridized carbons (Fsp3) is 0.308. The normalized spacial score (nSPS) is 12.8. The number of hydrogen-bond donors (Lipinski definition) is 2. The van der Waals surface area contributed by atoms with Crippen molar-refractivity contribution >= 4 is 40.9 Å². The Morgan fingerprint density at radius 1 is 1.41 bits per heavy atom. The van der Waals surface area contributed by atoms with E-state index in [2.05, 4.69) is 9.72 Å². The van der Waals surface area contributed by atoms with Crippen molar-refractivity contribution in [3.8, 4) is 0 Å². The molecule has 2 aromatic rings. The number of halogens is 5. The van der Waals surface area contributed by atoms with Crippen molar-refractivity contribution in [2.24, 2.45) is 5.73 Å². The van der Waals surface area contributed by atoms with E-state index in [1.54, 1.807) is 24.4 Å². The summed E-state index contributed by atoms with van der Waals surface area (Å²) in [7, 11) is 0. The molecule has 0 saturated heterocycles. The molecule has 0 radical (unpaired) electrons. The van der Waals surface area contributed by atoms with E-state index in [9.17, 15) is 18.0 Å². The smallest absolute Gasteiger partial charge is 0.422 e. The zero-order valence-corrected chi connectivity index (χ0v) is 12.7. The van der Waals surface area contributed by atoms with Crippen LogP contribution in [-0.4, -0.2) is 29.8 Å². The van der Waals surface area contributed by atoms with Crippen molar-refractivity contribution in [3.63, 3.8) is 0 Å². The minimum atomic E-state index is -4.57. The van der Waals surface area contributed by atoms with E-state index in [0.717, 1.165) is 10.9 Å². The number of benzene rings is 1. The summed E-state index contributed by atoms with van der Waals surface area (Å²) >= 11 is 5.88. The summed E-state index contributed by atoms with van der Waals surface area (Å²) in [5.41, 5.74) is 7.06. The molecule has 1 aromatic heterocycles. The number of ether oxygens (including phenoxy) is 1. The van der Waals surface area contributed by atoms with Gasteiger partial charge in [-0.15, -0.1) is 12.4 Å². The van der Waals surface area contributed by atoms with Crippen LogP contribution in [0.3, 0.4) is 0 Å². The summed E-state index contributed by atoms with van der Waals surface area (Å²) in [6.45, 7) is -1.64. The molecule has 0 spiro atoms. The highest BCUT2D eigenvalue weighted by molar-refractivity contribution is 6.31. The number of carbonyl (C=O) groups is 1. The molecular weight excluding hydrogens is 344 g/mol. The fourth-order valence-electron chi connectivity index (χ4n) is 1.90. The highest BCUT2D eigenvalue weighted by atomic mass is 35.5. The van der Waals surface area contributed by atoms with Crippen LogP contribution in [0.5, 0.6) is 0 Å². The lowest BCUT2D eigenvalue weighted by Gasteiger charge is -2.12. The molecule has 3 N–H and O–H groups in total. The zero-order chi connectivity index (χ0) is 15.6. The summed E-state index contributed by atoms with van der Waals surface area (Å²) in [4.78, 5) is 14.4. The Hall–Kier alpha value is -1.44. The molecule has 122 valence electrons. The Kier molecular flexibility index (Phi) is 6.10. The van der Waals surface area contributed by atoms with Crippen LogP contribution in [0.4, 0.5) is 13.2 Å². The number of rotatable bonds is 4. The van der Waals surface area contributed by atoms with E-state index in [1.807, 2.05) is 0 Å². The van der Waals surface area contributed by atoms with Crippen LogP contribution in [0.2, 0.25) is 5.02 Å². The highest BCUT2D eigenvalue weighted by Crippen LogP contribution is 2.23. The number of aromatic amines is 1. The lowest BCUT2D eigenvalue weighted by Crippen LogP contribution is -2.36. The van der Waals surface area contributed by atoms with Gasteiger partial charge in [-0.3, -0.25) is 4.79 Å². The quantitative estimate of drug-likeness (QED) is 0.826. The van der Waals surface area contributed by atoms with Gasteiger partial charge in [-0.25, -0.2) is 0 Å². The maximum atomic E-state index is 12.0. The number of nitrogens with two attached hydrogens (primary N) is 1. The van der Waals surface area contributed by atoms with Gasteiger partial charge in [0.1, 0.15) is 6.04 Å². The third kappa shape index (κ3) is 4.79. The minimum Gasteiger partial charge on any atom is -0.455 e. The third-order valence-electron chi connectivity index (χ3n) is 2.85. The summed E-state index contributed by atoms with van der Waals surface area (Å²) in [5.74, 6) is -1.09. The molecule has 0 aliphatic rings. The van der Waals surface area contributed by atoms with Gasteiger partial charge in [-0.1, -0.05) is 11.6 Å². The molecular formula is C13H13Cl2F3N2O2. The molecule has 0 bridgehead atoms. The molecule has 0 saturated carbocycles. The maximum Gasteiger partial charge on any atom is 0.422 e. The Morgan fingerprint density at radius 3 is 2.73 bits per heavy atom. The molecule has 4 nitrogen and oxygen atoms in total. The van der Waals surface area contributed by atoms with Crippen LogP contribution >= 0.6 is 24.0 Å². The SMILES string of the molecule is Cl.N[C@@H](Cc1c[nH]c2ccc(Cl)cc12)C(=O)OCC(F)(F)F. The van der Waals surface area contributed by atoms with Crippen molar-refractivity contribution in [3.05, 3.63) is 35.0 Å². The Labute approximate surface area is 135 Å². The number of alkyl halides is 3. The van der Waals surface area contributed by atoms with Crippen molar-refractivity contribution < 1.29 is 22.7 Å². The second-order valence-electron chi connectivity index (χ2n) is 4.54. The first-order chi connectivity index (χ1) is 9.76. The summed E-state index contributed by atoms with van der Waals surface area (Å²) in [6.07, 6.45) is -2.88. The molecule has 0 fully saturated rings. The Morgan fingerprint density at radius 2 is 2.09 bits per heavy atom. The predicted octanol–water partition coefficient (Wildman–Crippen LogP) is 3.22. The van der Waals surface area contributed by atoms with Crippen LogP contribution in [0, 0.1) is 0 Å². The van der Waals surface area contributed by atoms with Crippen LogP contribution in [0.15, 0.2) is 24.4 Å². The second kappa shape index (κ2) is 7.21. The maximum absolute atomic E-state index is 12.0. The Bertz CT molecular complexity index is 658. The van der Waals surface area contributed by atoms with Gasteiger partial charge in [-0.2, -0.15) is 13.2 Å². The van der Waals surface area contributed by atoms with Gasteiger partial charge in [0.15, 0.2) is 6.61 Å². The molecule has 22 heavy (non-hydrogen) atoms. The predicted molar refractivity (Wildman–Crippen MR) is 79.3 cm³/mol. The van der Waals surface area contributed by atoms with Crippen LogP contribution < -0.4 is 5.73 Å². The van der Waals surface area contributed by atoms with Gasteiger partial charge in [0.25, 0.3) is 0 Å². The van der Waals surface area contributed by atoms with E-state index in [1.165, 1.54) is 0 Å². The molecule has 9 heteroatoms. The van der Waals surface area contributed by atoms with E-state index < -0.39 is 24.8 Å². The zero-order valence-electron chi connectivity index (χ0n) is 11.1. The monoisotopic (exact) mass is 356 g/mol. The fourth-order valence-corrected chi connectivity index (χ4v) is 2.07. The average molecular weight is 357 g/mol. The van der Waals surface area contributed by atoms with E-state index in [0.29, 0.717) is 10.6 Å². The number of aromatic nitrogens is 1. The highest BCUT2D eigenvalue weighted by Gasteiger charge is 2.30. The average Bonchev–Trinajstić information content (AvgIpc) is 2.77. The first-order valence-electron chi connectivity index (χ1n) is 6.01. The largest absolute Gasteiger partial charge is 0.455 e. The lowest BCUT2D eigenvalue weighted by atomic mass is 10.1. The standard InChI is InChI=1S/C13H12ClF3N2O2.ClH/c14-8-1-2-11-9(4-8)7(5-19-11)3-10(18)12(20)21-6-13(15,16)17;/h1-2,4-5,10,19H,3,6,18H2;1H/t10-;/m0./s1. The van der Waals surface area contributed by atoms with Crippen LogP contribution in [0.25, 0.3) is 10.9 Å². The Balaban J connectivity index is 0.00000242. The molecule has 2 rings (SSSR count). The number of nitrogens with one attached hydrogen (secondary N) is 1. The first kappa shape index (κ1) is 18.6. The number of esters is 1. The molecule has 0 aliphatic carbocycles. The second-order valence-corrected chi connectivity index (χ2v) is 4.97. The summed E-state index contributed by atoms with van der Waals surface area (Å²) in [5, 5.41) is 1.28. The van der Waals surface area contributed by atoms with Gasteiger partial charge < -0.3 is 15.5 Å². The van der Waals surface area contributed by atoms with Crippen molar-refractivity contribution in [2.75, 3.05) is 6.61 Å². The van der Waals surface area contributed by atoms with Gasteiger partial charge in [0.05, 0.1) is 0 Å². The van der Waals surface area contributed by atoms with Crippen LogP contribution in [-0.2, 0) is 16.0 Å². The molecule has 0 unspecified atom stereocenters. The van der Waals surface area contributed by atoms with E-state index >= 15 is 0 Å². The third-order valence-corrected chi connectivity index (χ3v) is 3.09. The molecule has 1 atom stereocenters. The number of hydrogen-bond acceptors (Lipinski definition) is 3. The topological polar surface area (TPSA) is 68.1 Å².